The Bertz CT molecular complexity index is 721. The number of alkyl halides is 1. The minimum atomic E-state index is 0.275. The fourth-order valence-electron chi connectivity index (χ4n) is 2.85. The summed E-state index contributed by atoms with van der Waals surface area (Å²) in [6, 6.07) is 12.9. The van der Waals surface area contributed by atoms with Crippen LogP contribution in [-0.2, 0) is 6.42 Å². The van der Waals surface area contributed by atoms with Crippen molar-refractivity contribution in [2.24, 2.45) is 0 Å². The maximum Gasteiger partial charge on any atom is 0.111 e. The molecule has 2 heterocycles. The Morgan fingerprint density at radius 3 is 2.71 bits per heavy atom. The second-order valence-electron chi connectivity index (χ2n) is 5.04. The van der Waals surface area contributed by atoms with Crippen LogP contribution in [-0.4, -0.2) is 20.4 Å². The molecule has 3 aromatic rings. The number of fused-ring (bicyclic) bond motifs is 1. The van der Waals surface area contributed by atoms with Gasteiger partial charge in [-0.15, -0.1) is 11.6 Å². The molecule has 108 valence electrons. The molecule has 0 saturated heterocycles. The van der Waals surface area contributed by atoms with Gasteiger partial charge >= 0.3 is 0 Å². The van der Waals surface area contributed by atoms with Crippen molar-refractivity contribution in [2.45, 2.75) is 25.8 Å². The quantitative estimate of drug-likeness (QED) is 0.661. The van der Waals surface area contributed by atoms with E-state index in [2.05, 4.69) is 40.7 Å². The normalized spacial score (nSPS) is 12.7. The topological polar surface area (TPSA) is 30.7 Å². The summed E-state index contributed by atoms with van der Waals surface area (Å²) in [7, 11) is 0. The smallest absolute Gasteiger partial charge is 0.111 e. The van der Waals surface area contributed by atoms with E-state index in [9.17, 15) is 0 Å². The van der Waals surface area contributed by atoms with Gasteiger partial charge in [-0.25, -0.2) is 4.98 Å². The van der Waals surface area contributed by atoms with E-state index in [1.807, 2.05) is 24.5 Å². The standard InChI is InChI=1S/C17H18ClN3/c1-2-15(13-6-4-3-5-7-13)21-16-9-11-19-12-14(16)20-17(21)8-10-18/h3-7,9,11-12,15H,2,8,10H2,1H3. The third-order valence-corrected chi connectivity index (χ3v) is 3.95. The number of nitrogens with zero attached hydrogens (tertiary/aromatic N) is 3. The van der Waals surface area contributed by atoms with Crippen LogP contribution in [0.2, 0.25) is 0 Å². The average Bonchev–Trinajstić information content (AvgIpc) is 2.88. The molecule has 1 atom stereocenters. The SMILES string of the molecule is CCC(c1ccccc1)n1c(CCCl)nc2cnccc21. The molecule has 21 heavy (non-hydrogen) atoms. The molecule has 3 nitrogen and oxygen atoms in total. The Morgan fingerprint density at radius 1 is 1.19 bits per heavy atom. The third kappa shape index (κ3) is 2.66. The van der Waals surface area contributed by atoms with Gasteiger partial charge in [0.1, 0.15) is 11.3 Å². The molecule has 0 bridgehead atoms. The van der Waals surface area contributed by atoms with Gasteiger partial charge < -0.3 is 4.57 Å². The molecule has 1 aromatic carbocycles. The second kappa shape index (κ2) is 6.27. The van der Waals surface area contributed by atoms with Crippen molar-refractivity contribution in [3.63, 3.8) is 0 Å². The lowest BCUT2D eigenvalue weighted by atomic mass is 10.0. The van der Waals surface area contributed by atoms with Gasteiger partial charge in [0, 0.05) is 18.5 Å². The van der Waals surface area contributed by atoms with E-state index < -0.39 is 0 Å². The highest BCUT2D eigenvalue weighted by molar-refractivity contribution is 6.17. The Hall–Kier alpha value is -1.87. The maximum atomic E-state index is 5.96. The molecule has 0 spiro atoms. The molecule has 0 N–H and O–H groups in total. The third-order valence-electron chi connectivity index (χ3n) is 3.77. The summed E-state index contributed by atoms with van der Waals surface area (Å²) in [4.78, 5) is 8.89. The zero-order valence-electron chi connectivity index (χ0n) is 12.0. The summed E-state index contributed by atoms with van der Waals surface area (Å²) in [5, 5.41) is 0. The first-order valence-electron chi connectivity index (χ1n) is 7.27. The predicted molar refractivity (Wildman–Crippen MR) is 86.8 cm³/mol. The highest BCUT2D eigenvalue weighted by atomic mass is 35.5. The largest absolute Gasteiger partial charge is 0.320 e. The minimum Gasteiger partial charge on any atom is -0.320 e. The van der Waals surface area contributed by atoms with E-state index in [0.29, 0.717) is 5.88 Å². The predicted octanol–water partition coefficient (Wildman–Crippen LogP) is 4.21. The molecule has 0 aliphatic rings. The highest BCUT2D eigenvalue weighted by Crippen LogP contribution is 2.28. The first-order valence-corrected chi connectivity index (χ1v) is 7.80. The number of rotatable bonds is 5. The molecule has 0 fully saturated rings. The molecular formula is C17H18ClN3. The van der Waals surface area contributed by atoms with Crippen LogP contribution in [0.5, 0.6) is 0 Å². The zero-order chi connectivity index (χ0) is 14.7. The van der Waals surface area contributed by atoms with Gasteiger partial charge in [-0.3, -0.25) is 4.98 Å². The Labute approximate surface area is 129 Å². The van der Waals surface area contributed by atoms with Crippen molar-refractivity contribution in [1.82, 2.24) is 14.5 Å². The number of hydrogen-bond acceptors (Lipinski definition) is 2. The van der Waals surface area contributed by atoms with Gasteiger partial charge in [-0.2, -0.15) is 0 Å². The molecule has 0 radical (unpaired) electrons. The maximum absolute atomic E-state index is 5.96. The van der Waals surface area contributed by atoms with Gasteiger partial charge in [-0.05, 0) is 18.1 Å². The first kappa shape index (κ1) is 14.1. The van der Waals surface area contributed by atoms with Crippen molar-refractivity contribution in [3.8, 4) is 0 Å². The van der Waals surface area contributed by atoms with E-state index in [-0.39, 0.29) is 6.04 Å². The van der Waals surface area contributed by atoms with E-state index in [0.717, 1.165) is 29.7 Å². The molecule has 1 unspecified atom stereocenters. The van der Waals surface area contributed by atoms with E-state index in [1.165, 1.54) is 5.56 Å². The summed E-state index contributed by atoms with van der Waals surface area (Å²) in [5.74, 6) is 1.60. The number of pyridine rings is 1. The second-order valence-corrected chi connectivity index (χ2v) is 5.41. The van der Waals surface area contributed by atoms with Gasteiger partial charge in [0.25, 0.3) is 0 Å². The summed E-state index contributed by atoms with van der Waals surface area (Å²) < 4.78 is 2.31. The number of imidazole rings is 1. The van der Waals surface area contributed by atoms with Gasteiger partial charge in [-0.1, -0.05) is 37.3 Å². The Morgan fingerprint density at radius 2 is 2.00 bits per heavy atom. The van der Waals surface area contributed by atoms with Crippen LogP contribution in [0.1, 0.15) is 30.8 Å². The molecular weight excluding hydrogens is 282 g/mol. The Kier molecular flexibility index (Phi) is 4.20. The first-order chi connectivity index (χ1) is 10.3. The molecule has 0 aliphatic carbocycles. The van der Waals surface area contributed by atoms with Crippen LogP contribution in [0.4, 0.5) is 0 Å². The lowest BCUT2D eigenvalue weighted by Crippen LogP contribution is -2.13. The number of halogens is 1. The van der Waals surface area contributed by atoms with Crippen LogP contribution in [0.3, 0.4) is 0 Å². The highest BCUT2D eigenvalue weighted by Gasteiger charge is 2.19. The van der Waals surface area contributed by atoms with Gasteiger partial charge in [0.15, 0.2) is 0 Å². The van der Waals surface area contributed by atoms with Crippen LogP contribution >= 0.6 is 11.6 Å². The van der Waals surface area contributed by atoms with Gasteiger partial charge in [0.05, 0.1) is 17.8 Å². The summed E-state index contributed by atoms with van der Waals surface area (Å²) in [6.45, 7) is 2.20. The van der Waals surface area contributed by atoms with Crippen molar-refractivity contribution in [2.75, 3.05) is 5.88 Å². The number of aromatic nitrogens is 3. The van der Waals surface area contributed by atoms with Gasteiger partial charge in [0.2, 0.25) is 0 Å². The molecule has 2 aromatic heterocycles. The monoisotopic (exact) mass is 299 g/mol. The van der Waals surface area contributed by atoms with Crippen LogP contribution in [0.15, 0.2) is 48.8 Å². The summed E-state index contributed by atoms with van der Waals surface area (Å²) >= 11 is 5.96. The summed E-state index contributed by atoms with van der Waals surface area (Å²) in [5.41, 5.74) is 3.36. The zero-order valence-corrected chi connectivity index (χ0v) is 12.8. The Balaban J connectivity index is 2.18. The molecule has 0 saturated carbocycles. The summed E-state index contributed by atoms with van der Waals surface area (Å²) in [6.07, 6.45) is 5.41. The lowest BCUT2D eigenvalue weighted by Gasteiger charge is -2.21. The molecule has 0 aliphatic heterocycles. The molecule has 4 heteroatoms. The molecule has 3 rings (SSSR count). The average molecular weight is 300 g/mol. The lowest BCUT2D eigenvalue weighted by molar-refractivity contribution is 0.558. The number of benzene rings is 1. The fourth-order valence-corrected chi connectivity index (χ4v) is 3.02. The minimum absolute atomic E-state index is 0.275. The van der Waals surface area contributed by atoms with Crippen molar-refractivity contribution in [1.29, 1.82) is 0 Å². The van der Waals surface area contributed by atoms with Crippen molar-refractivity contribution in [3.05, 3.63) is 60.2 Å². The number of hydrogen-bond donors (Lipinski definition) is 0. The van der Waals surface area contributed by atoms with Crippen molar-refractivity contribution >= 4 is 22.6 Å². The van der Waals surface area contributed by atoms with Crippen molar-refractivity contribution < 1.29 is 0 Å². The molecule has 0 amide bonds. The van der Waals surface area contributed by atoms with E-state index in [4.69, 9.17) is 16.6 Å². The van der Waals surface area contributed by atoms with Crippen LogP contribution < -0.4 is 0 Å². The number of aryl methyl sites for hydroxylation is 1. The fraction of sp³-hybridized carbons (Fsp3) is 0.294. The van der Waals surface area contributed by atoms with E-state index >= 15 is 0 Å². The van der Waals surface area contributed by atoms with Crippen LogP contribution in [0.25, 0.3) is 11.0 Å². The van der Waals surface area contributed by atoms with E-state index in [1.54, 1.807) is 0 Å². The van der Waals surface area contributed by atoms with Crippen LogP contribution in [0, 0.1) is 0 Å².